The summed E-state index contributed by atoms with van der Waals surface area (Å²) in [5, 5.41) is 5.01. The number of amides is 1. The zero-order valence-corrected chi connectivity index (χ0v) is 20.7. The molecule has 9 nitrogen and oxygen atoms in total. The van der Waals surface area contributed by atoms with Gasteiger partial charge in [0.1, 0.15) is 17.7 Å². The van der Waals surface area contributed by atoms with Crippen molar-refractivity contribution >= 4 is 29.5 Å². The van der Waals surface area contributed by atoms with Gasteiger partial charge in [0.05, 0.1) is 17.9 Å². The number of hydrogen-bond acceptors (Lipinski definition) is 7. The number of nitrogens with two attached hydrogens (primary N) is 1. The van der Waals surface area contributed by atoms with Gasteiger partial charge in [-0.05, 0) is 44.2 Å². The van der Waals surface area contributed by atoms with Crippen LogP contribution >= 0.6 is 11.6 Å². The number of rotatable bonds is 7. The number of ether oxygens (including phenoxy) is 1. The van der Waals surface area contributed by atoms with Crippen molar-refractivity contribution in [3.05, 3.63) is 40.4 Å². The fraction of sp³-hybridized carbons (Fsp3) is 0.480. The molecule has 0 aromatic carbocycles. The SMILES string of the molecule is Cc1nn(CC2CC(C(N)=O)C2)c(C)c1-c1ccnc(O[C@@H]2CCN(C3=C(Cl)C(=O)CN=C3)C2)c1. The van der Waals surface area contributed by atoms with Crippen molar-refractivity contribution in [1.82, 2.24) is 19.7 Å². The van der Waals surface area contributed by atoms with Crippen LogP contribution in [0, 0.1) is 25.7 Å². The maximum atomic E-state index is 11.9. The molecule has 2 aromatic heterocycles. The molecule has 1 saturated heterocycles. The monoisotopic (exact) mass is 496 g/mol. The number of aliphatic imine (C=N–C) groups is 1. The number of primary amides is 1. The summed E-state index contributed by atoms with van der Waals surface area (Å²) in [4.78, 5) is 33.8. The average Bonchev–Trinajstić information content (AvgIpc) is 3.36. The van der Waals surface area contributed by atoms with E-state index in [2.05, 4.69) is 16.9 Å². The van der Waals surface area contributed by atoms with E-state index in [1.807, 2.05) is 28.6 Å². The molecule has 2 aliphatic heterocycles. The predicted molar refractivity (Wildman–Crippen MR) is 132 cm³/mol. The molecule has 0 radical (unpaired) electrons. The zero-order chi connectivity index (χ0) is 24.7. The van der Waals surface area contributed by atoms with Gasteiger partial charge in [-0.2, -0.15) is 5.10 Å². The highest BCUT2D eigenvalue weighted by Gasteiger charge is 2.34. The third kappa shape index (κ3) is 4.69. The highest BCUT2D eigenvalue weighted by Crippen LogP contribution is 2.36. The summed E-state index contributed by atoms with van der Waals surface area (Å²) in [5.41, 5.74) is 10.2. The number of allylic oxidation sites excluding steroid dienone is 1. The highest BCUT2D eigenvalue weighted by atomic mass is 35.5. The van der Waals surface area contributed by atoms with E-state index >= 15 is 0 Å². The lowest BCUT2D eigenvalue weighted by atomic mass is 9.74. The number of dihydropyridines is 1. The van der Waals surface area contributed by atoms with Crippen molar-refractivity contribution in [3.8, 4) is 17.0 Å². The summed E-state index contributed by atoms with van der Waals surface area (Å²) in [7, 11) is 0. The first-order valence-corrected chi connectivity index (χ1v) is 12.3. The van der Waals surface area contributed by atoms with E-state index in [0.717, 1.165) is 54.9 Å². The van der Waals surface area contributed by atoms with Gasteiger partial charge < -0.3 is 15.4 Å². The molecule has 0 bridgehead atoms. The topological polar surface area (TPSA) is 116 Å². The van der Waals surface area contributed by atoms with E-state index in [9.17, 15) is 9.59 Å². The van der Waals surface area contributed by atoms with Crippen molar-refractivity contribution in [2.45, 2.75) is 45.8 Å². The molecule has 3 aliphatic rings. The number of aryl methyl sites for hydroxylation is 1. The van der Waals surface area contributed by atoms with E-state index in [1.165, 1.54) is 0 Å². The Bertz CT molecular complexity index is 1230. The van der Waals surface area contributed by atoms with E-state index in [0.29, 0.717) is 24.0 Å². The van der Waals surface area contributed by atoms with Crippen LogP contribution in [-0.4, -0.2) is 63.3 Å². The van der Waals surface area contributed by atoms with Crippen molar-refractivity contribution in [3.63, 3.8) is 0 Å². The molecule has 0 unspecified atom stereocenters. The van der Waals surface area contributed by atoms with Gasteiger partial charge in [-0.15, -0.1) is 0 Å². The standard InChI is InChI=1S/C25H29ClN6O3/c1-14-23(15(2)32(30-14)12-16-7-18(8-16)25(27)34)17-3-5-29-22(9-17)35-19-4-6-31(13-19)20-10-28-11-21(33)24(20)26/h3,5,9-10,16,18-19H,4,6-8,11-13H2,1-2H3,(H2,27,34)/t16?,18?,19-/m1/s1. The number of carbonyl (C=O) groups excluding carboxylic acids is 2. The minimum absolute atomic E-state index is 0.000977. The normalized spacial score (nSPS) is 24.1. The Hall–Kier alpha value is -3.20. The minimum atomic E-state index is -0.204. The quantitative estimate of drug-likeness (QED) is 0.630. The van der Waals surface area contributed by atoms with Crippen LogP contribution in [0.2, 0.25) is 0 Å². The Morgan fingerprint density at radius 3 is 2.89 bits per heavy atom. The summed E-state index contributed by atoms with van der Waals surface area (Å²) in [6, 6.07) is 3.92. The van der Waals surface area contributed by atoms with E-state index in [4.69, 9.17) is 27.2 Å². The average molecular weight is 497 g/mol. The second-order valence-electron chi connectivity index (χ2n) is 9.61. The molecule has 1 amide bonds. The molecule has 2 aromatic rings. The molecular weight excluding hydrogens is 468 g/mol. The first-order valence-electron chi connectivity index (χ1n) is 11.9. The summed E-state index contributed by atoms with van der Waals surface area (Å²) >= 11 is 6.22. The molecule has 2 fully saturated rings. The van der Waals surface area contributed by atoms with Crippen LogP contribution in [0.3, 0.4) is 0 Å². The predicted octanol–water partition coefficient (Wildman–Crippen LogP) is 2.63. The Labute approximate surface area is 209 Å². The maximum absolute atomic E-state index is 11.9. The lowest BCUT2D eigenvalue weighted by Crippen LogP contribution is -2.37. The molecule has 10 heteroatoms. The summed E-state index contributed by atoms with van der Waals surface area (Å²) < 4.78 is 8.25. The summed E-state index contributed by atoms with van der Waals surface area (Å²) in [6.07, 6.45) is 5.81. The smallest absolute Gasteiger partial charge is 0.220 e. The van der Waals surface area contributed by atoms with Gasteiger partial charge >= 0.3 is 0 Å². The van der Waals surface area contributed by atoms with Gasteiger partial charge in [0, 0.05) is 55.2 Å². The molecule has 1 atom stereocenters. The lowest BCUT2D eigenvalue weighted by Gasteiger charge is -2.33. The molecule has 184 valence electrons. The van der Waals surface area contributed by atoms with Crippen LogP contribution < -0.4 is 10.5 Å². The van der Waals surface area contributed by atoms with Gasteiger partial charge in [-0.3, -0.25) is 19.3 Å². The molecule has 1 aliphatic carbocycles. The van der Waals surface area contributed by atoms with Crippen LogP contribution in [0.4, 0.5) is 0 Å². The fourth-order valence-electron chi connectivity index (χ4n) is 5.20. The third-order valence-corrected chi connectivity index (χ3v) is 7.57. The van der Waals surface area contributed by atoms with E-state index in [-0.39, 0.29) is 35.3 Å². The maximum Gasteiger partial charge on any atom is 0.220 e. The van der Waals surface area contributed by atoms with Crippen LogP contribution in [0.1, 0.15) is 30.7 Å². The molecule has 1 saturated carbocycles. The van der Waals surface area contributed by atoms with Crippen molar-refractivity contribution < 1.29 is 14.3 Å². The van der Waals surface area contributed by atoms with Crippen molar-refractivity contribution in [1.29, 1.82) is 0 Å². The number of aromatic nitrogens is 3. The number of hydrogen-bond donors (Lipinski definition) is 1. The number of nitrogens with zero attached hydrogens (tertiary/aromatic N) is 5. The van der Waals surface area contributed by atoms with Gasteiger partial charge in [-0.25, -0.2) is 4.98 Å². The van der Waals surface area contributed by atoms with E-state index < -0.39 is 0 Å². The first-order chi connectivity index (χ1) is 16.8. The largest absolute Gasteiger partial charge is 0.472 e. The number of ketones is 1. The van der Waals surface area contributed by atoms with Crippen LogP contribution in [0.5, 0.6) is 5.88 Å². The second-order valence-corrected chi connectivity index (χ2v) is 9.99. The van der Waals surface area contributed by atoms with Gasteiger partial charge in [0.15, 0.2) is 5.78 Å². The zero-order valence-electron chi connectivity index (χ0n) is 19.9. The molecule has 0 spiro atoms. The summed E-state index contributed by atoms with van der Waals surface area (Å²) in [6.45, 7) is 6.31. The van der Waals surface area contributed by atoms with Crippen LogP contribution in [0.15, 0.2) is 34.1 Å². The number of likely N-dealkylation sites (tertiary alicyclic amines) is 1. The number of pyridine rings is 1. The highest BCUT2D eigenvalue weighted by molar-refractivity contribution is 6.44. The number of halogens is 1. The van der Waals surface area contributed by atoms with Crippen molar-refractivity contribution in [2.24, 2.45) is 22.6 Å². The summed E-state index contributed by atoms with van der Waals surface area (Å²) in [5.74, 6) is 0.621. The molecule has 35 heavy (non-hydrogen) atoms. The second kappa shape index (κ2) is 9.45. The van der Waals surface area contributed by atoms with Gasteiger partial charge in [-0.1, -0.05) is 11.6 Å². The molecule has 5 rings (SSSR count). The van der Waals surface area contributed by atoms with Crippen molar-refractivity contribution in [2.75, 3.05) is 19.6 Å². The Morgan fingerprint density at radius 1 is 1.31 bits per heavy atom. The Morgan fingerprint density at radius 2 is 2.11 bits per heavy atom. The van der Waals surface area contributed by atoms with E-state index in [1.54, 1.807) is 12.4 Å². The Kier molecular flexibility index (Phi) is 6.35. The fourth-order valence-corrected chi connectivity index (χ4v) is 5.43. The van der Waals surface area contributed by atoms with Gasteiger partial charge in [0.25, 0.3) is 0 Å². The Balaban J connectivity index is 1.27. The lowest BCUT2D eigenvalue weighted by molar-refractivity contribution is -0.126. The number of Topliss-reactive ketones (excluding diaryl/α,β-unsaturated/α-hetero) is 1. The number of carbonyl (C=O) groups is 2. The first kappa shape index (κ1) is 23.5. The molecule has 4 heterocycles. The van der Waals surface area contributed by atoms with Crippen LogP contribution in [0.25, 0.3) is 11.1 Å². The van der Waals surface area contributed by atoms with Crippen LogP contribution in [-0.2, 0) is 16.1 Å². The molecule has 2 N–H and O–H groups in total. The van der Waals surface area contributed by atoms with Gasteiger partial charge in [0.2, 0.25) is 11.8 Å². The third-order valence-electron chi connectivity index (χ3n) is 7.17. The minimum Gasteiger partial charge on any atom is -0.472 e. The molecular formula is C25H29ClN6O3.